The third-order valence-electron chi connectivity index (χ3n) is 4.64. The van der Waals surface area contributed by atoms with Gasteiger partial charge in [-0.25, -0.2) is 0 Å². The molecular formula is C25H34N2O3. The van der Waals surface area contributed by atoms with Crippen molar-refractivity contribution in [2.24, 2.45) is 0 Å². The molecule has 5 nitrogen and oxygen atoms in total. The Morgan fingerprint density at radius 3 is 2.17 bits per heavy atom. The summed E-state index contributed by atoms with van der Waals surface area (Å²) in [5.74, 6) is 0.294. The van der Waals surface area contributed by atoms with Gasteiger partial charge in [-0.15, -0.1) is 0 Å². The summed E-state index contributed by atoms with van der Waals surface area (Å²) in [4.78, 5) is 27.7. The standard InChI is InChI=1S/C25H34N2O3/c1-7-22(24(29)26-25(4,5)6)27(16-20-11-9-8-10-12-20)23(28)17-30-21-14-18(2)13-19(3)15-21/h8-15,22H,7,16-17H2,1-6H3,(H,26,29). The number of nitrogens with zero attached hydrogens (tertiary/aromatic N) is 1. The number of rotatable bonds is 8. The van der Waals surface area contributed by atoms with Crippen molar-refractivity contribution in [1.29, 1.82) is 0 Å². The number of nitrogens with one attached hydrogen (secondary N) is 1. The minimum Gasteiger partial charge on any atom is -0.484 e. The van der Waals surface area contributed by atoms with Crippen LogP contribution in [0.1, 0.15) is 50.8 Å². The number of carbonyl (C=O) groups is 2. The highest BCUT2D eigenvalue weighted by atomic mass is 16.5. The zero-order valence-electron chi connectivity index (χ0n) is 19.0. The van der Waals surface area contributed by atoms with Crippen LogP contribution in [0.4, 0.5) is 0 Å². The second-order valence-electron chi connectivity index (χ2n) is 8.78. The Kier molecular flexibility index (Phi) is 8.04. The van der Waals surface area contributed by atoms with Gasteiger partial charge < -0.3 is 15.0 Å². The van der Waals surface area contributed by atoms with Crippen molar-refractivity contribution >= 4 is 11.8 Å². The zero-order chi connectivity index (χ0) is 22.3. The lowest BCUT2D eigenvalue weighted by molar-refractivity contribution is -0.143. The second kappa shape index (κ2) is 10.3. The molecule has 0 saturated carbocycles. The van der Waals surface area contributed by atoms with Crippen molar-refractivity contribution in [2.45, 2.75) is 66.1 Å². The van der Waals surface area contributed by atoms with E-state index < -0.39 is 6.04 Å². The molecule has 0 aliphatic heterocycles. The molecule has 0 saturated heterocycles. The van der Waals surface area contributed by atoms with Crippen LogP contribution in [0.5, 0.6) is 5.75 Å². The molecule has 1 atom stereocenters. The number of benzene rings is 2. The van der Waals surface area contributed by atoms with E-state index in [0.717, 1.165) is 16.7 Å². The molecule has 0 fully saturated rings. The van der Waals surface area contributed by atoms with Crippen molar-refractivity contribution < 1.29 is 14.3 Å². The Bertz CT molecular complexity index is 836. The number of amides is 2. The molecule has 0 spiro atoms. The molecule has 0 aliphatic carbocycles. The molecule has 5 heteroatoms. The van der Waals surface area contributed by atoms with E-state index in [0.29, 0.717) is 18.7 Å². The van der Waals surface area contributed by atoms with Crippen LogP contribution in [-0.2, 0) is 16.1 Å². The Hall–Kier alpha value is -2.82. The Labute approximate surface area is 180 Å². The molecule has 0 bridgehead atoms. The molecule has 1 unspecified atom stereocenters. The average molecular weight is 411 g/mol. The maximum absolute atomic E-state index is 13.2. The highest BCUT2D eigenvalue weighted by molar-refractivity contribution is 5.88. The van der Waals surface area contributed by atoms with Gasteiger partial charge >= 0.3 is 0 Å². The highest BCUT2D eigenvalue weighted by Gasteiger charge is 2.30. The van der Waals surface area contributed by atoms with Gasteiger partial charge in [0, 0.05) is 12.1 Å². The molecule has 30 heavy (non-hydrogen) atoms. The van der Waals surface area contributed by atoms with Crippen LogP contribution < -0.4 is 10.1 Å². The van der Waals surface area contributed by atoms with E-state index in [1.165, 1.54) is 0 Å². The lowest BCUT2D eigenvalue weighted by Crippen LogP contribution is -2.54. The van der Waals surface area contributed by atoms with E-state index in [9.17, 15) is 9.59 Å². The van der Waals surface area contributed by atoms with Gasteiger partial charge in [-0.1, -0.05) is 43.3 Å². The van der Waals surface area contributed by atoms with Gasteiger partial charge in [0.05, 0.1) is 0 Å². The fraction of sp³-hybridized carbons (Fsp3) is 0.440. The van der Waals surface area contributed by atoms with Gasteiger partial charge in [-0.2, -0.15) is 0 Å². The van der Waals surface area contributed by atoms with Crippen LogP contribution in [0.25, 0.3) is 0 Å². The Morgan fingerprint density at radius 1 is 1.03 bits per heavy atom. The summed E-state index contributed by atoms with van der Waals surface area (Å²) in [6.45, 7) is 11.9. The molecular weight excluding hydrogens is 376 g/mol. The van der Waals surface area contributed by atoms with E-state index in [-0.39, 0.29) is 24.0 Å². The first-order valence-corrected chi connectivity index (χ1v) is 10.5. The maximum atomic E-state index is 13.2. The van der Waals surface area contributed by atoms with E-state index in [1.807, 2.05) is 84.0 Å². The van der Waals surface area contributed by atoms with E-state index in [1.54, 1.807) is 4.90 Å². The molecule has 0 aliphatic rings. The largest absolute Gasteiger partial charge is 0.484 e. The fourth-order valence-corrected chi connectivity index (χ4v) is 3.40. The van der Waals surface area contributed by atoms with Gasteiger partial charge in [-0.3, -0.25) is 9.59 Å². The molecule has 0 aromatic heterocycles. The topological polar surface area (TPSA) is 58.6 Å². The summed E-state index contributed by atoms with van der Waals surface area (Å²) in [7, 11) is 0. The predicted molar refractivity (Wildman–Crippen MR) is 120 cm³/mol. The minimum atomic E-state index is -0.570. The molecule has 2 rings (SSSR count). The highest BCUT2D eigenvalue weighted by Crippen LogP contribution is 2.18. The van der Waals surface area contributed by atoms with Crippen LogP contribution in [0, 0.1) is 13.8 Å². The molecule has 2 aromatic rings. The van der Waals surface area contributed by atoms with Crippen LogP contribution in [0.3, 0.4) is 0 Å². The number of aryl methyl sites for hydroxylation is 2. The quantitative estimate of drug-likeness (QED) is 0.701. The van der Waals surface area contributed by atoms with E-state index in [2.05, 4.69) is 11.4 Å². The summed E-state index contributed by atoms with van der Waals surface area (Å²) in [5.41, 5.74) is 2.75. The van der Waals surface area contributed by atoms with E-state index in [4.69, 9.17) is 4.74 Å². The maximum Gasteiger partial charge on any atom is 0.261 e. The average Bonchev–Trinajstić information content (AvgIpc) is 2.64. The predicted octanol–water partition coefficient (Wildman–Crippen LogP) is 4.40. The molecule has 0 radical (unpaired) electrons. The van der Waals surface area contributed by atoms with Gasteiger partial charge in [0.2, 0.25) is 5.91 Å². The second-order valence-corrected chi connectivity index (χ2v) is 8.78. The van der Waals surface area contributed by atoms with Crippen LogP contribution in [0.2, 0.25) is 0 Å². The number of hydrogen-bond donors (Lipinski definition) is 1. The number of hydrogen-bond acceptors (Lipinski definition) is 3. The third-order valence-corrected chi connectivity index (χ3v) is 4.64. The first kappa shape index (κ1) is 23.5. The first-order valence-electron chi connectivity index (χ1n) is 10.5. The smallest absolute Gasteiger partial charge is 0.261 e. The van der Waals surface area contributed by atoms with Crippen molar-refractivity contribution in [1.82, 2.24) is 10.2 Å². The van der Waals surface area contributed by atoms with Crippen molar-refractivity contribution in [3.05, 3.63) is 65.2 Å². The van der Waals surface area contributed by atoms with Crippen LogP contribution in [0.15, 0.2) is 48.5 Å². The van der Waals surface area contributed by atoms with Gasteiger partial charge in [-0.05, 0) is 69.9 Å². The Morgan fingerprint density at radius 2 is 1.63 bits per heavy atom. The van der Waals surface area contributed by atoms with Gasteiger partial charge in [0.1, 0.15) is 11.8 Å². The Balaban J connectivity index is 2.22. The monoisotopic (exact) mass is 410 g/mol. The summed E-state index contributed by atoms with van der Waals surface area (Å²) >= 11 is 0. The summed E-state index contributed by atoms with van der Waals surface area (Å²) < 4.78 is 5.80. The molecule has 162 valence electrons. The minimum absolute atomic E-state index is 0.116. The molecule has 2 amide bonds. The van der Waals surface area contributed by atoms with Crippen molar-refractivity contribution in [3.8, 4) is 5.75 Å². The SMILES string of the molecule is CCC(C(=O)NC(C)(C)C)N(Cc1ccccc1)C(=O)COc1cc(C)cc(C)c1. The van der Waals surface area contributed by atoms with E-state index >= 15 is 0 Å². The first-order chi connectivity index (χ1) is 14.1. The fourth-order valence-electron chi connectivity index (χ4n) is 3.40. The summed E-state index contributed by atoms with van der Waals surface area (Å²) in [6, 6.07) is 15.0. The van der Waals surface area contributed by atoms with Gasteiger partial charge in [0.25, 0.3) is 5.91 Å². The van der Waals surface area contributed by atoms with Crippen molar-refractivity contribution in [3.63, 3.8) is 0 Å². The lowest BCUT2D eigenvalue weighted by Gasteiger charge is -2.33. The third kappa shape index (κ3) is 7.21. The zero-order valence-corrected chi connectivity index (χ0v) is 19.0. The lowest BCUT2D eigenvalue weighted by atomic mass is 10.1. The van der Waals surface area contributed by atoms with Crippen LogP contribution in [-0.4, -0.2) is 34.9 Å². The summed E-state index contributed by atoms with van der Waals surface area (Å²) in [5, 5.41) is 3.01. The molecule has 0 heterocycles. The molecule has 2 aromatic carbocycles. The normalized spacial score (nSPS) is 12.2. The molecule has 1 N–H and O–H groups in total. The van der Waals surface area contributed by atoms with Crippen molar-refractivity contribution in [2.75, 3.05) is 6.61 Å². The summed E-state index contributed by atoms with van der Waals surface area (Å²) in [6.07, 6.45) is 0.518. The van der Waals surface area contributed by atoms with Gasteiger partial charge in [0.15, 0.2) is 6.61 Å². The number of carbonyl (C=O) groups excluding carboxylic acids is 2. The number of ether oxygens (including phenoxy) is 1. The van der Waals surface area contributed by atoms with Crippen LogP contribution >= 0.6 is 0 Å².